The van der Waals surface area contributed by atoms with Crippen molar-refractivity contribution >= 4 is 29.2 Å². The standard InChI is InChI=1S/C17H15ClFNO3/c1-2-23-17(22)14-10-13(7-8-15(14)18)20-16(21)9-11-3-5-12(19)6-4-11/h3-8,10H,2,9H2,1H3,(H,20,21). The van der Waals surface area contributed by atoms with Gasteiger partial charge in [0.15, 0.2) is 0 Å². The molecule has 4 nitrogen and oxygen atoms in total. The second-order valence-corrected chi connectivity index (χ2v) is 5.17. The molecule has 6 heteroatoms. The van der Waals surface area contributed by atoms with Gasteiger partial charge >= 0.3 is 5.97 Å². The third-order valence-corrected chi connectivity index (χ3v) is 3.35. The van der Waals surface area contributed by atoms with Gasteiger partial charge in [-0.3, -0.25) is 4.79 Å². The van der Waals surface area contributed by atoms with Gasteiger partial charge in [-0.1, -0.05) is 23.7 Å². The number of nitrogens with one attached hydrogen (secondary N) is 1. The predicted octanol–water partition coefficient (Wildman–Crippen LogP) is 3.84. The van der Waals surface area contributed by atoms with Crippen LogP contribution in [0, 0.1) is 5.82 Å². The van der Waals surface area contributed by atoms with Crippen LogP contribution in [0.3, 0.4) is 0 Å². The van der Waals surface area contributed by atoms with Gasteiger partial charge < -0.3 is 10.1 Å². The van der Waals surface area contributed by atoms with Crippen LogP contribution in [0.4, 0.5) is 10.1 Å². The van der Waals surface area contributed by atoms with Crippen molar-refractivity contribution in [2.75, 3.05) is 11.9 Å². The van der Waals surface area contributed by atoms with Gasteiger partial charge in [0.05, 0.1) is 23.6 Å². The summed E-state index contributed by atoms with van der Waals surface area (Å²) in [6, 6.07) is 10.2. The van der Waals surface area contributed by atoms with Crippen molar-refractivity contribution in [2.45, 2.75) is 13.3 Å². The highest BCUT2D eigenvalue weighted by molar-refractivity contribution is 6.33. The summed E-state index contributed by atoms with van der Waals surface area (Å²) < 4.78 is 17.7. The maximum atomic E-state index is 12.8. The summed E-state index contributed by atoms with van der Waals surface area (Å²) in [4.78, 5) is 23.8. The number of benzene rings is 2. The van der Waals surface area contributed by atoms with E-state index >= 15 is 0 Å². The molecule has 1 amide bonds. The van der Waals surface area contributed by atoms with Crippen LogP contribution in [0.1, 0.15) is 22.8 Å². The van der Waals surface area contributed by atoms with E-state index in [2.05, 4.69) is 5.32 Å². The summed E-state index contributed by atoms with van der Waals surface area (Å²) >= 11 is 5.96. The van der Waals surface area contributed by atoms with E-state index in [1.165, 1.54) is 24.3 Å². The smallest absolute Gasteiger partial charge is 0.339 e. The fourth-order valence-corrected chi connectivity index (χ4v) is 2.16. The molecule has 0 aliphatic heterocycles. The first-order valence-electron chi connectivity index (χ1n) is 7.00. The lowest BCUT2D eigenvalue weighted by Gasteiger charge is -2.09. The molecule has 120 valence electrons. The number of amides is 1. The van der Waals surface area contributed by atoms with Crippen molar-refractivity contribution in [3.8, 4) is 0 Å². The molecule has 0 fully saturated rings. The highest BCUT2D eigenvalue weighted by Crippen LogP contribution is 2.21. The van der Waals surface area contributed by atoms with E-state index in [1.807, 2.05) is 0 Å². The summed E-state index contributed by atoms with van der Waals surface area (Å²) in [5.41, 5.74) is 1.31. The molecule has 0 atom stereocenters. The predicted molar refractivity (Wildman–Crippen MR) is 86.1 cm³/mol. The molecular weight excluding hydrogens is 321 g/mol. The van der Waals surface area contributed by atoms with Gasteiger partial charge in [-0.25, -0.2) is 9.18 Å². The quantitative estimate of drug-likeness (QED) is 0.845. The van der Waals surface area contributed by atoms with Crippen LogP contribution in [-0.2, 0) is 16.0 Å². The minimum absolute atomic E-state index is 0.0949. The van der Waals surface area contributed by atoms with Crippen LogP contribution in [-0.4, -0.2) is 18.5 Å². The van der Waals surface area contributed by atoms with Crippen molar-refractivity contribution < 1.29 is 18.7 Å². The van der Waals surface area contributed by atoms with Crippen molar-refractivity contribution in [2.24, 2.45) is 0 Å². The average Bonchev–Trinajstić information content (AvgIpc) is 2.51. The Morgan fingerprint density at radius 1 is 1.17 bits per heavy atom. The van der Waals surface area contributed by atoms with Gasteiger partial charge in [0.2, 0.25) is 5.91 Å². The largest absolute Gasteiger partial charge is 0.462 e. The van der Waals surface area contributed by atoms with Gasteiger partial charge in [0, 0.05) is 5.69 Å². The number of carbonyl (C=O) groups excluding carboxylic acids is 2. The van der Waals surface area contributed by atoms with E-state index in [4.69, 9.17) is 16.3 Å². The van der Waals surface area contributed by atoms with E-state index in [9.17, 15) is 14.0 Å². The molecule has 0 unspecified atom stereocenters. The molecule has 0 aliphatic carbocycles. The van der Waals surface area contributed by atoms with E-state index in [-0.39, 0.29) is 35.3 Å². The Balaban J connectivity index is 2.07. The Kier molecular flexibility index (Phi) is 5.71. The van der Waals surface area contributed by atoms with Gasteiger partial charge in [0.1, 0.15) is 5.82 Å². The van der Waals surface area contributed by atoms with Crippen LogP contribution >= 0.6 is 11.6 Å². The fourth-order valence-electron chi connectivity index (χ4n) is 1.96. The molecule has 23 heavy (non-hydrogen) atoms. The summed E-state index contributed by atoms with van der Waals surface area (Å²) in [5, 5.41) is 2.92. The maximum absolute atomic E-state index is 12.8. The monoisotopic (exact) mass is 335 g/mol. The first kappa shape index (κ1) is 17.0. The first-order chi connectivity index (χ1) is 11.0. The number of hydrogen-bond acceptors (Lipinski definition) is 3. The van der Waals surface area contributed by atoms with E-state index in [0.29, 0.717) is 11.3 Å². The number of rotatable bonds is 5. The Hall–Kier alpha value is -2.40. The molecule has 0 saturated carbocycles. The number of anilines is 1. The van der Waals surface area contributed by atoms with Crippen molar-refractivity contribution in [3.05, 3.63) is 64.4 Å². The zero-order chi connectivity index (χ0) is 16.8. The SMILES string of the molecule is CCOC(=O)c1cc(NC(=O)Cc2ccc(F)cc2)ccc1Cl. The Labute approximate surface area is 138 Å². The third kappa shape index (κ3) is 4.79. The molecule has 0 radical (unpaired) electrons. The van der Waals surface area contributed by atoms with Gasteiger partial charge in [-0.15, -0.1) is 0 Å². The van der Waals surface area contributed by atoms with Gasteiger partial charge in [0.25, 0.3) is 0 Å². The van der Waals surface area contributed by atoms with E-state index in [1.54, 1.807) is 25.1 Å². The van der Waals surface area contributed by atoms with Crippen LogP contribution < -0.4 is 5.32 Å². The number of ether oxygens (including phenoxy) is 1. The second kappa shape index (κ2) is 7.74. The summed E-state index contributed by atoms with van der Waals surface area (Å²) in [5.74, 6) is -1.19. The van der Waals surface area contributed by atoms with Crippen molar-refractivity contribution in [3.63, 3.8) is 0 Å². The molecular formula is C17H15ClFNO3. The molecule has 0 spiro atoms. The minimum Gasteiger partial charge on any atom is -0.462 e. The molecule has 2 aromatic carbocycles. The maximum Gasteiger partial charge on any atom is 0.339 e. The Morgan fingerprint density at radius 2 is 1.87 bits per heavy atom. The lowest BCUT2D eigenvalue weighted by Crippen LogP contribution is -2.15. The second-order valence-electron chi connectivity index (χ2n) is 4.77. The molecule has 0 aromatic heterocycles. The van der Waals surface area contributed by atoms with Crippen molar-refractivity contribution in [1.82, 2.24) is 0 Å². The molecule has 1 N–H and O–H groups in total. The van der Waals surface area contributed by atoms with Crippen LogP contribution in [0.2, 0.25) is 5.02 Å². The summed E-state index contributed by atoms with van der Waals surface area (Å²) in [6.45, 7) is 1.93. The normalized spacial score (nSPS) is 10.2. The Morgan fingerprint density at radius 3 is 2.52 bits per heavy atom. The van der Waals surface area contributed by atoms with E-state index < -0.39 is 5.97 Å². The number of hydrogen-bond donors (Lipinski definition) is 1. The third-order valence-electron chi connectivity index (χ3n) is 3.02. The topological polar surface area (TPSA) is 55.4 Å². The average molecular weight is 336 g/mol. The van der Waals surface area contributed by atoms with Crippen molar-refractivity contribution in [1.29, 1.82) is 0 Å². The highest BCUT2D eigenvalue weighted by Gasteiger charge is 2.13. The lowest BCUT2D eigenvalue weighted by molar-refractivity contribution is -0.115. The number of esters is 1. The fraction of sp³-hybridized carbons (Fsp3) is 0.176. The molecule has 2 rings (SSSR count). The zero-order valence-electron chi connectivity index (χ0n) is 12.4. The van der Waals surface area contributed by atoms with Gasteiger partial charge in [-0.05, 0) is 42.8 Å². The van der Waals surface area contributed by atoms with Crippen LogP contribution in [0.25, 0.3) is 0 Å². The molecule has 0 bridgehead atoms. The van der Waals surface area contributed by atoms with Crippen LogP contribution in [0.5, 0.6) is 0 Å². The van der Waals surface area contributed by atoms with Gasteiger partial charge in [-0.2, -0.15) is 0 Å². The number of carbonyl (C=O) groups is 2. The molecule has 0 heterocycles. The number of halogens is 2. The zero-order valence-corrected chi connectivity index (χ0v) is 13.2. The Bertz CT molecular complexity index is 716. The molecule has 2 aromatic rings. The minimum atomic E-state index is -0.549. The van der Waals surface area contributed by atoms with Crippen LogP contribution in [0.15, 0.2) is 42.5 Å². The lowest BCUT2D eigenvalue weighted by atomic mass is 10.1. The summed E-state index contributed by atoms with van der Waals surface area (Å²) in [6.07, 6.45) is 0.0949. The highest BCUT2D eigenvalue weighted by atomic mass is 35.5. The molecule has 0 aliphatic rings. The summed E-state index contributed by atoms with van der Waals surface area (Å²) in [7, 11) is 0. The van der Waals surface area contributed by atoms with E-state index in [0.717, 1.165) is 0 Å². The molecule has 0 saturated heterocycles. The first-order valence-corrected chi connectivity index (χ1v) is 7.38.